The van der Waals surface area contributed by atoms with E-state index in [0.717, 1.165) is 12.0 Å². The van der Waals surface area contributed by atoms with Gasteiger partial charge in [0.1, 0.15) is 5.75 Å². The van der Waals surface area contributed by atoms with Gasteiger partial charge in [0, 0.05) is 0 Å². The molecule has 0 amide bonds. The molecule has 0 saturated carbocycles. The highest BCUT2D eigenvalue weighted by Gasteiger charge is 2.11. The Labute approximate surface area is 111 Å². The van der Waals surface area contributed by atoms with Crippen LogP contribution in [-0.4, -0.2) is 28.7 Å². The minimum absolute atomic E-state index is 0.127. The van der Waals surface area contributed by atoms with Crippen LogP contribution in [0.3, 0.4) is 0 Å². The van der Waals surface area contributed by atoms with Gasteiger partial charge in [-0.05, 0) is 18.6 Å². The van der Waals surface area contributed by atoms with Gasteiger partial charge in [0.05, 0.1) is 19.3 Å². The van der Waals surface area contributed by atoms with Gasteiger partial charge in [-0.1, -0.05) is 19.1 Å². The van der Waals surface area contributed by atoms with Gasteiger partial charge in [0.25, 0.3) is 0 Å². The average Bonchev–Trinajstić information content (AvgIpc) is 2.44. The standard InChI is InChI=1S/C13H16N4O2/c1-3-8-19-13-16-11(15-12(14)17-13)9-6-4-5-7-10(9)18-2/h4-7H,3,8H2,1-2H3,(H2,14,15,16,17). The zero-order valence-electron chi connectivity index (χ0n) is 11.0. The Morgan fingerprint density at radius 1 is 1.16 bits per heavy atom. The molecule has 6 nitrogen and oxygen atoms in total. The second kappa shape index (κ2) is 5.99. The first-order chi connectivity index (χ1) is 9.24. The number of ether oxygens (including phenoxy) is 2. The number of nitrogen functional groups attached to an aromatic ring is 1. The Balaban J connectivity index is 2.41. The highest BCUT2D eigenvalue weighted by molar-refractivity contribution is 5.64. The van der Waals surface area contributed by atoms with Gasteiger partial charge in [-0.2, -0.15) is 15.0 Å². The van der Waals surface area contributed by atoms with Crippen molar-refractivity contribution in [2.45, 2.75) is 13.3 Å². The monoisotopic (exact) mass is 260 g/mol. The van der Waals surface area contributed by atoms with Gasteiger partial charge in [0.15, 0.2) is 5.82 Å². The molecule has 2 aromatic rings. The number of anilines is 1. The van der Waals surface area contributed by atoms with Gasteiger partial charge in [-0.25, -0.2) is 0 Å². The number of hydrogen-bond donors (Lipinski definition) is 1. The Morgan fingerprint density at radius 2 is 1.95 bits per heavy atom. The fourth-order valence-electron chi connectivity index (χ4n) is 1.58. The van der Waals surface area contributed by atoms with Crippen LogP contribution in [0.5, 0.6) is 11.8 Å². The molecule has 1 aromatic heterocycles. The average molecular weight is 260 g/mol. The fraction of sp³-hybridized carbons (Fsp3) is 0.308. The fourth-order valence-corrected chi connectivity index (χ4v) is 1.58. The van der Waals surface area contributed by atoms with E-state index in [1.807, 2.05) is 31.2 Å². The van der Waals surface area contributed by atoms with E-state index in [0.29, 0.717) is 18.2 Å². The van der Waals surface area contributed by atoms with Crippen LogP contribution in [0.2, 0.25) is 0 Å². The van der Waals surface area contributed by atoms with Crippen LogP contribution in [0.15, 0.2) is 24.3 Å². The zero-order valence-corrected chi connectivity index (χ0v) is 11.0. The quantitative estimate of drug-likeness (QED) is 0.884. The summed E-state index contributed by atoms with van der Waals surface area (Å²) in [4.78, 5) is 12.3. The summed E-state index contributed by atoms with van der Waals surface area (Å²) in [5.74, 6) is 1.24. The lowest BCUT2D eigenvalue weighted by Crippen LogP contribution is -2.06. The smallest absolute Gasteiger partial charge is 0.321 e. The summed E-state index contributed by atoms with van der Waals surface area (Å²) in [6.07, 6.45) is 0.871. The van der Waals surface area contributed by atoms with Crippen LogP contribution >= 0.6 is 0 Å². The van der Waals surface area contributed by atoms with Crippen molar-refractivity contribution in [3.8, 4) is 23.1 Å². The van der Waals surface area contributed by atoms with Crippen molar-refractivity contribution in [3.05, 3.63) is 24.3 Å². The minimum Gasteiger partial charge on any atom is -0.496 e. The molecule has 0 bridgehead atoms. The lowest BCUT2D eigenvalue weighted by atomic mass is 10.2. The van der Waals surface area contributed by atoms with Crippen molar-refractivity contribution in [1.29, 1.82) is 0 Å². The van der Waals surface area contributed by atoms with E-state index < -0.39 is 0 Å². The lowest BCUT2D eigenvalue weighted by Gasteiger charge is -2.08. The number of rotatable bonds is 5. The summed E-state index contributed by atoms with van der Waals surface area (Å²) >= 11 is 0. The number of benzene rings is 1. The summed E-state index contributed by atoms with van der Waals surface area (Å²) < 4.78 is 10.7. The number of nitrogens with zero attached hydrogens (tertiary/aromatic N) is 3. The summed E-state index contributed by atoms with van der Waals surface area (Å²) in [5.41, 5.74) is 6.43. The molecule has 0 radical (unpaired) electrons. The van der Waals surface area contributed by atoms with Crippen LogP contribution in [0, 0.1) is 0 Å². The molecular weight excluding hydrogens is 244 g/mol. The molecule has 0 unspecified atom stereocenters. The Hall–Kier alpha value is -2.37. The molecule has 100 valence electrons. The number of aromatic nitrogens is 3. The molecule has 0 aliphatic rings. The zero-order chi connectivity index (χ0) is 13.7. The molecule has 2 rings (SSSR count). The van der Waals surface area contributed by atoms with Crippen molar-refractivity contribution in [2.75, 3.05) is 19.5 Å². The summed E-state index contributed by atoms with van der Waals surface area (Å²) in [6.45, 7) is 2.54. The molecule has 0 fully saturated rings. The molecular formula is C13H16N4O2. The second-order valence-electron chi connectivity index (χ2n) is 3.85. The van der Waals surface area contributed by atoms with Crippen LogP contribution in [-0.2, 0) is 0 Å². The second-order valence-corrected chi connectivity index (χ2v) is 3.85. The van der Waals surface area contributed by atoms with E-state index in [1.165, 1.54) is 0 Å². The number of nitrogens with two attached hydrogens (primary N) is 1. The van der Waals surface area contributed by atoms with Crippen molar-refractivity contribution in [1.82, 2.24) is 15.0 Å². The first-order valence-electron chi connectivity index (χ1n) is 6.02. The van der Waals surface area contributed by atoms with Crippen molar-refractivity contribution < 1.29 is 9.47 Å². The molecule has 0 aliphatic heterocycles. The van der Waals surface area contributed by atoms with E-state index in [4.69, 9.17) is 15.2 Å². The molecule has 0 aliphatic carbocycles. The lowest BCUT2D eigenvalue weighted by molar-refractivity contribution is 0.292. The predicted octanol–water partition coefficient (Wildman–Crippen LogP) is 1.92. The SMILES string of the molecule is CCCOc1nc(N)nc(-c2ccccc2OC)n1. The molecule has 0 spiro atoms. The molecule has 1 aromatic carbocycles. The van der Waals surface area contributed by atoms with Gasteiger partial charge in [-0.3, -0.25) is 0 Å². The minimum atomic E-state index is 0.127. The number of methoxy groups -OCH3 is 1. The highest BCUT2D eigenvalue weighted by Crippen LogP contribution is 2.27. The Bertz CT molecular complexity index is 560. The normalized spacial score (nSPS) is 10.2. The first kappa shape index (κ1) is 13.1. The van der Waals surface area contributed by atoms with E-state index >= 15 is 0 Å². The van der Waals surface area contributed by atoms with Gasteiger partial charge < -0.3 is 15.2 Å². The predicted molar refractivity (Wildman–Crippen MR) is 72.0 cm³/mol. The van der Waals surface area contributed by atoms with E-state index in [9.17, 15) is 0 Å². The largest absolute Gasteiger partial charge is 0.496 e. The van der Waals surface area contributed by atoms with Crippen LogP contribution < -0.4 is 15.2 Å². The molecule has 19 heavy (non-hydrogen) atoms. The third-order valence-corrected chi connectivity index (χ3v) is 2.42. The third kappa shape index (κ3) is 3.09. The summed E-state index contributed by atoms with van der Waals surface area (Å²) in [5, 5.41) is 0. The van der Waals surface area contributed by atoms with Crippen LogP contribution in [0.1, 0.15) is 13.3 Å². The molecule has 0 atom stereocenters. The van der Waals surface area contributed by atoms with Crippen molar-refractivity contribution >= 4 is 5.95 Å². The van der Waals surface area contributed by atoms with Crippen LogP contribution in [0.25, 0.3) is 11.4 Å². The maximum absolute atomic E-state index is 5.68. The Kier molecular flexibility index (Phi) is 4.12. The maximum atomic E-state index is 5.68. The number of hydrogen-bond acceptors (Lipinski definition) is 6. The summed E-state index contributed by atoms with van der Waals surface area (Å²) in [7, 11) is 1.60. The van der Waals surface area contributed by atoms with E-state index in [2.05, 4.69) is 15.0 Å². The topological polar surface area (TPSA) is 83.2 Å². The van der Waals surface area contributed by atoms with E-state index in [-0.39, 0.29) is 12.0 Å². The van der Waals surface area contributed by atoms with Crippen molar-refractivity contribution in [2.24, 2.45) is 0 Å². The van der Waals surface area contributed by atoms with Crippen LogP contribution in [0.4, 0.5) is 5.95 Å². The van der Waals surface area contributed by atoms with Gasteiger partial charge in [0.2, 0.25) is 5.95 Å². The molecule has 2 N–H and O–H groups in total. The van der Waals surface area contributed by atoms with E-state index in [1.54, 1.807) is 7.11 Å². The summed E-state index contributed by atoms with van der Waals surface area (Å²) in [6, 6.07) is 7.68. The first-order valence-corrected chi connectivity index (χ1v) is 6.02. The Morgan fingerprint density at radius 3 is 2.68 bits per heavy atom. The van der Waals surface area contributed by atoms with Gasteiger partial charge in [-0.15, -0.1) is 0 Å². The highest BCUT2D eigenvalue weighted by atomic mass is 16.5. The number of para-hydroxylation sites is 1. The molecule has 0 saturated heterocycles. The maximum Gasteiger partial charge on any atom is 0.321 e. The van der Waals surface area contributed by atoms with Crippen molar-refractivity contribution in [3.63, 3.8) is 0 Å². The third-order valence-electron chi connectivity index (χ3n) is 2.42. The molecule has 1 heterocycles. The van der Waals surface area contributed by atoms with Gasteiger partial charge >= 0.3 is 6.01 Å². The molecule has 6 heteroatoms.